The number of anilines is 2. The Kier molecular flexibility index (Phi) is 6.08. The molecule has 1 aromatic carbocycles. The molecule has 0 fully saturated rings. The van der Waals surface area contributed by atoms with Gasteiger partial charge in [-0.15, -0.1) is 0 Å². The number of hydrogen-bond acceptors (Lipinski definition) is 6. The molecule has 29 heavy (non-hydrogen) atoms. The molecule has 2 heterocycles. The van der Waals surface area contributed by atoms with Crippen molar-refractivity contribution in [3.8, 4) is 0 Å². The van der Waals surface area contributed by atoms with Gasteiger partial charge in [-0.1, -0.05) is 11.6 Å². The van der Waals surface area contributed by atoms with Crippen LogP contribution in [0.1, 0.15) is 40.3 Å². The monoisotopic (exact) mass is 413 g/mol. The molecule has 150 valence electrons. The maximum atomic E-state index is 12.3. The molecule has 0 saturated carbocycles. The van der Waals surface area contributed by atoms with Crippen LogP contribution in [0.3, 0.4) is 0 Å². The number of nitrogen functional groups attached to an aromatic ring is 1. The van der Waals surface area contributed by atoms with Crippen molar-refractivity contribution in [2.75, 3.05) is 11.1 Å². The van der Waals surface area contributed by atoms with Crippen LogP contribution in [-0.2, 0) is 6.54 Å². The fourth-order valence-electron chi connectivity index (χ4n) is 2.63. The highest BCUT2D eigenvalue weighted by atomic mass is 35.5. The summed E-state index contributed by atoms with van der Waals surface area (Å²) in [5, 5.41) is 10.2. The average molecular weight is 414 g/mol. The van der Waals surface area contributed by atoms with Gasteiger partial charge in [-0.2, -0.15) is 5.10 Å². The van der Waals surface area contributed by atoms with Crippen LogP contribution in [0.5, 0.6) is 0 Å². The second-order valence-electron chi connectivity index (χ2n) is 6.65. The Morgan fingerprint density at radius 3 is 2.66 bits per heavy atom. The van der Waals surface area contributed by atoms with Crippen molar-refractivity contribution in [3.63, 3.8) is 0 Å². The van der Waals surface area contributed by atoms with E-state index in [2.05, 4.69) is 25.7 Å². The number of nitrogens with zero attached hydrogens (tertiary/aromatic N) is 4. The molecule has 0 aliphatic heterocycles. The minimum absolute atomic E-state index is 0.0190. The second kappa shape index (κ2) is 8.70. The number of benzene rings is 1. The third kappa shape index (κ3) is 5.29. The van der Waals surface area contributed by atoms with Crippen LogP contribution in [0.15, 0.2) is 43.0 Å². The number of hydrogen-bond donors (Lipinski definition) is 3. The first-order chi connectivity index (χ1) is 13.8. The van der Waals surface area contributed by atoms with Crippen molar-refractivity contribution in [2.24, 2.45) is 0 Å². The van der Waals surface area contributed by atoms with Gasteiger partial charge in [-0.25, -0.2) is 9.97 Å². The first-order valence-corrected chi connectivity index (χ1v) is 9.20. The van der Waals surface area contributed by atoms with Gasteiger partial charge in [0.2, 0.25) is 0 Å². The fourth-order valence-corrected chi connectivity index (χ4v) is 2.89. The fraction of sp³-hybridized carbons (Fsp3) is 0.211. The van der Waals surface area contributed by atoms with Gasteiger partial charge < -0.3 is 16.4 Å². The van der Waals surface area contributed by atoms with Crippen molar-refractivity contribution in [3.05, 3.63) is 64.8 Å². The Balaban J connectivity index is 1.72. The minimum atomic E-state index is -0.481. The van der Waals surface area contributed by atoms with Gasteiger partial charge in [0.15, 0.2) is 11.5 Å². The first kappa shape index (κ1) is 20.3. The molecule has 0 spiro atoms. The van der Waals surface area contributed by atoms with E-state index in [1.165, 1.54) is 18.6 Å². The van der Waals surface area contributed by atoms with E-state index in [1.807, 2.05) is 13.8 Å². The Morgan fingerprint density at radius 2 is 1.93 bits per heavy atom. The lowest BCUT2D eigenvalue weighted by Gasteiger charge is -2.10. The summed E-state index contributed by atoms with van der Waals surface area (Å²) < 4.78 is 1.62. The zero-order valence-electron chi connectivity index (χ0n) is 15.9. The van der Waals surface area contributed by atoms with Crippen LogP contribution in [-0.4, -0.2) is 37.6 Å². The third-order valence-corrected chi connectivity index (χ3v) is 4.04. The smallest absolute Gasteiger partial charge is 0.278 e. The molecule has 2 amide bonds. The quantitative estimate of drug-likeness (QED) is 0.569. The largest absolute Gasteiger partial charge is 0.382 e. The molecule has 10 heteroatoms. The summed E-state index contributed by atoms with van der Waals surface area (Å²) in [6.45, 7) is 4.14. The molecule has 0 atom stereocenters. The van der Waals surface area contributed by atoms with Crippen molar-refractivity contribution in [1.29, 1.82) is 0 Å². The molecular weight excluding hydrogens is 394 g/mol. The minimum Gasteiger partial charge on any atom is -0.382 e. The SMILES string of the molecule is CC(C)NC(=O)c1cc(Cl)cc(Cn2cc(NC(=O)c3nccnc3N)cn2)c1. The van der Waals surface area contributed by atoms with Gasteiger partial charge in [0, 0.05) is 35.2 Å². The van der Waals surface area contributed by atoms with Crippen LogP contribution >= 0.6 is 11.6 Å². The van der Waals surface area contributed by atoms with E-state index >= 15 is 0 Å². The van der Waals surface area contributed by atoms with Gasteiger partial charge in [0.05, 0.1) is 18.4 Å². The molecule has 0 radical (unpaired) electrons. The zero-order valence-corrected chi connectivity index (χ0v) is 16.6. The molecule has 4 N–H and O–H groups in total. The van der Waals surface area contributed by atoms with E-state index in [0.29, 0.717) is 22.8 Å². The lowest BCUT2D eigenvalue weighted by molar-refractivity contribution is 0.0942. The van der Waals surface area contributed by atoms with Crippen molar-refractivity contribution < 1.29 is 9.59 Å². The lowest BCUT2D eigenvalue weighted by atomic mass is 10.1. The molecular formula is C19H20ClN7O2. The predicted octanol–water partition coefficient (Wildman–Crippen LogP) is 2.35. The summed E-state index contributed by atoms with van der Waals surface area (Å²) in [6.07, 6.45) is 5.95. The Labute approximate surface area is 172 Å². The molecule has 0 bridgehead atoms. The molecule has 0 unspecified atom stereocenters. The van der Waals surface area contributed by atoms with E-state index in [-0.39, 0.29) is 23.5 Å². The van der Waals surface area contributed by atoms with Crippen LogP contribution in [0.25, 0.3) is 0 Å². The van der Waals surface area contributed by atoms with Crippen LogP contribution in [0.4, 0.5) is 11.5 Å². The summed E-state index contributed by atoms with van der Waals surface area (Å²) in [7, 11) is 0. The summed E-state index contributed by atoms with van der Waals surface area (Å²) in [5.74, 6) is -0.632. The van der Waals surface area contributed by atoms with E-state index < -0.39 is 5.91 Å². The van der Waals surface area contributed by atoms with Gasteiger partial charge in [0.25, 0.3) is 11.8 Å². The van der Waals surface area contributed by atoms with Crippen LogP contribution in [0, 0.1) is 0 Å². The van der Waals surface area contributed by atoms with Gasteiger partial charge in [-0.05, 0) is 37.6 Å². The highest BCUT2D eigenvalue weighted by Crippen LogP contribution is 2.17. The number of aromatic nitrogens is 4. The van der Waals surface area contributed by atoms with E-state index in [0.717, 1.165) is 5.56 Å². The van der Waals surface area contributed by atoms with E-state index in [1.54, 1.807) is 29.1 Å². The molecule has 0 aliphatic rings. The third-order valence-electron chi connectivity index (χ3n) is 3.82. The number of nitrogens with one attached hydrogen (secondary N) is 2. The average Bonchev–Trinajstić information content (AvgIpc) is 3.07. The maximum absolute atomic E-state index is 12.3. The van der Waals surface area contributed by atoms with Gasteiger partial charge in [-0.3, -0.25) is 14.3 Å². The maximum Gasteiger partial charge on any atom is 0.278 e. The van der Waals surface area contributed by atoms with E-state index in [9.17, 15) is 9.59 Å². The molecule has 0 saturated heterocycles. The number of nitrogens with two attached hydrogens (primary N) is 1. The molecule has 0 aliphatic carbocycles. The zero-order chi connectivity index (χ0) is 21.0. The Bertz CT molecular complexity index is 1050. The van der Waals surface area contributed by atoms with Crippen molar-refractivity contribution in [2.45, 2.75) is 26.4 Å². The van der Waals surface area contributed by atoms with Gasteiger partial charge in [0.1, 0.15) is 0 Å². The summed E-state index contributed by atoms with van der Waals surface area (Å²) in [4.78, 5) is 32.3. The summed E-state index contributed by atoms with van der Waals surface area (Å²) >= 11 is 6.16. The van der Waals surface area contributed by atoms with E-state index in [4.69, 9.17) is 17.3 Å². The number of carbonyl (C=O) groups is 2. The predicted molar refractivity (Wildman–Crippen MR) is 110 cm³/mol. The number of carbonyl (C=O) groups excluding carboxylic acids is 2. The summed E-state index contributed by atoms with van der Waals surface area (Å²) in [6, 6.07) is 5.14. The Hall–Kier alpha value is -3.46. The van der Waals surface area contributed by atoms with Crippen molar-refractivity contribution >= 4 is 34.9 Å². The molecule has 3 aromatic rings. The standard InChI is InChI=1S/C19H20ClN7O2/c1-11(2)25-18(28)13-5-12(6-14(20)7-13)9-27-10-15(8-24-27)26-19(29)16-17(21)23-4-3-22-16/h3-8,10-11H,9H2,1-2H3,(H2,21,23)(H,25,28)(H,26,29). The topological polar surface area (TPSA) is 128 Å². The number of amides is 2. The number of rotatable bonds is 6. The van der Waals surface area contributed by atoms with Crippen LogP contribution in [0.2, 0.25) is 5.02 Å². The van der Waals surface area contributed by atoms with Crippen LogP contribution < -0.4 is 16.4 Å². The lowest BCUT2D eigenvalue weighted by Crippen LogP contribution is -2.30. The Morgan fingerprint density at radius 1 is 1.17 bits per heavy atom. The highest BCUT2D eigenvalue weighted by Gasteiger charge is 2.14. The summed E-state index contributed by atoms with van der Waals surface area (Å²) in [5.41, 5.74) is 7.44. The number of halogens is 1. The highest BCUT2D eigenvalue weighted by molar-refractivity contribution is 6.31. The normalized spacial score (nSPS) is 10.8. The van der Waals surface area contributed by atoms with Gasteiger partial charge >= 0.3 is 0 Å². The second-order valence-corrected chi connectivity index (χ2v) is 7.08. The van der Waals surface area contributed by atoms with Crippen molar-refractivity contribution in [1.82, 2.24) is 25.1 Å². The molecule has 9 nitrogen and oxygen atoms in total. The molecule has 2 aromatic heterocycles. The molecule has 3 rings (SSSR count). The first-order valence-electron chi connectivity index (χ1n) is 8.82.